The fourth-order valence-electron chi connectivity index (χ4n) is 1.42. The minimum absolute atomic E-state index is 0.106. The molecule has 0 spiro atoms. The molecule has 0 bridgehead atoms. The molecule has 0 radical (unpaired) electrons. The van der Waals surface area contributed by atoms with Crippen molar-refractivity contribution in [1.82, 2.24) is 0 Å². The van der Waals surface area contributed by atoms with Gasteiger partial charge in [0.05, 0.1) is 6.04 Å². The summed E-state index contributed by atoms with van der Waals surface area (Å²) in [7, 11) is 0. The highest BCUT2D eigenvalue weighted by Crippen LogP contribution is 2.24. The monoisotopic (exact) mass is 193 g/mol. The van der Waals surface area contributed by atoms with Crippen LogP contribution in [0.5, 0.6) is 0 Å². The molecule has 2 N–H and O–H groups in total. The van der Waals surface area contributed by atoms with E-state index in [1.807, 2.05) is 6.92 Å². The predicted octanol–water partition coefficient (Wildman–Crippen LogP) is 2.98. The molecule has 3 heteroatoms. The molecule has 2 rings (SSSR count). The molecule has 1 atom stereocenters. The number of furan rings is 1. The zero-order chi connectivity index (χ0) is 10.1. The molecule has 0 saturated carbocycles. The summed E-state index contributed by atoms with van der Waals surface area (Å²) in [5.41, 5.74) is 6.49. The van der Waals surface area contributed by atoms with Crippen molar-refractivity contribution in [2.75, 3.05) is 0 Å². The lowest BCUT2D eigenvalue weighted by molar-refractivity contribution is 0.488. The smallest absolute Gasteiger partial charge is 0.134 e. The van der Waals surface area contributed by atoms with Crippen LogP contribution in [0.2, 0.25) is 0 Å². The van der Waals surface area contributed by atoms with E-state index in [1.165, 1.54) is 12.1 Å². The van der Waals surface area contributed by atoms with Gasteiger partial charge in [0.25, 0.3) is 0 Å². The largest absolute Gasteiger partial charge is 0.459 e. The lowest BCUT2D eigenvalue weighted by Gasteiger charge is -2.02. The maximum absolute atomic E-state index is 12.9. The van der Waals surface area contributed by atoms with Crippen molar-refractivity contribution in [2.24, 2.45) is 5.73 Å². The third-order valence-electron chi connectivity index (χ3n) is 2.30. The second kappa shape index (κ2) is 3.42. The molecular formula is C11H12FNO. The van der Waals surface area contributed by atoms with E-state index in [-0.39, 0.29) is 11.9 Å². The van der Waals surface area contributed by atoms with Crippen LogP contribution in [0, 0.1) is 5.82 Å². The molecule has 1 unspecified atom stereocenters. The average molecular weight is 193 g/mol. The Morgan fingerprint density at radius 3 is 2.93 bits per heavy atom. The van der Waals surface area contributed by atoms with Crippen LogP contribution in [0.15, 0.2) is 28.7 Å². The molecule has 1 aromatic heterocycles. The zero-order valence-electron chi connectivity index (χ0n) is 7.96. The van der Waals surface area contributed by atoms with E-state index in [4.69, 9.17) is 10.2 Å². The normalized spacial score (nSPS) is 13.4. The lowest BCUT2D eigenvalue weighted by atomic mass is 10.2. The van der Waals surface area contributed by atoms with E-state index in [2.05, 4.69) is 0 Å². The minimum Gasteiger partial charge on any atom is -0.459 e. The molecule has 0 amide bonds. The molecule has 0 aliphatic heterocycles. The van der Waals surface area contributed by atoms with Crippen molar-refractivity contribution in [3.63, 3.8) is 0 Å². The third-order valence-corrected chi connectivity index (χ3v) is 2.30. The van der Waals surface area contributed by atoms with Gasteiger partial charge in [0.15, 0.2) is 0 Å². The van der Waals surface area contributed by atoms with Crippen molar-refractivity contribution >= 4 is 11.0 Å². The van der Waals surface area contributed by atoms with Crippen LogP contribution in [-0.4, -0.2) is 0 Å². The molecule has 1 heterocycles. The van der Waals surface area contributed by atoms with Crippen LogP contribution < -0.4 is 5.73 Å². The summed E-state index contributed by atoms with van der Waals surface area (Å²) in [6.45, 7) is 1.98. The Hall–Kier alpha value is -1.35. The van der Waals surface area contributed by atoms with Gasteiger partial charge < -0.3 is 10.2 Å². The Morgan fingerprint density at radius 2 is 2.21 bits per heavy atom. The molecule has 0 aliphatic rings. The molecule has 0 saturated heterocycles. The van der Waals surface area contributed by atoms with Crippen LogP contribution in [0.3, 0.4) is 0 Å². The average Bonchev–Trinajstić information content (AvgIpc) is 2.59. The first-order chi connectivity index (χ1) is 6.70. The summed E-state index contributed by atoms with van der Waals surface area (Å²) in [6, 6.07) is 6.14. The number of rotatable bonds is 2. The van der Waals surface area contributed by atoms with E-state index in [0.717, 1.165) is 11.8 Å². The Kier molecular flexibility index (Phi) is 2.25. The quantitative estimate of drug-likeness (QED) is 0.796. The van der Waals surface area contributed by atoms with Crippen molar-refractivity contribution in [2.45, 2.75) is 19.4 Å². The highest BCUT2D eigenvalue weighted by atomic mass is 19.1. The Morgan fingerprint density at radius 1 is 1.43 bits per heavy atom. The van der Waals surface area contributed by atoms with Gasteiger partial charge in [-0.1, -0.05) is 6.92 Å². The Balaban J connectivity index is 2.51. The van der Waals surface area contributed by atoms with Gasteiger partial charge >= 0.3 is 0 Å². The van der Waals surface area contributed by atoms with E-state index < -0.39 is 0 Å². The number of hydrogen-bond acceptors (Lipinski definition) is 2. The fourth-order valence-corrected chi connectivity index (χ4v) is 1.42. The molecule has 2 aromatic rings. The predicted molar refractivity (Wildman–Crippen MR) is 53.4 cm³/mol. The summed E-state index contributed by atoms with van der Waals surface area (Å²) < 4.78 is 18.3. The van der Waals surface area contributed by atoms with Gasteiger partial charge in [-0.2, -0.15) is 0 Å². The SMILES string of the molecule is CCC(N)c1cc2cc(F)ccc2o1. The van der Waals surface area contributed by atoms with Crippen LogP contribution >= 0.6 is 0 Å². The van der Waals surface area contributed by atoms with Gasteiger partial charge in [-0.05, 0) is 30.7 Å². The summed E-state index contributed by atoms with van der Waals surface area (Å²) in [5, 5.41) is 0.768. The third kappa shape index (κ3) is 1.51. The maximum Gasteiger partial charge on any atom is 0.134 e. The van der Waals surface area contributed by atoms with Crippen LogP contribution in [0.1, 0.15) is 25.1 Å². The molecule has 0 aliphatic carbocycles. The first-order valence-corrected chi connectivity index (χ1v) is 4.65. The van der Waals surface area contributed by atoms with E-state index in [0.29, 0.717) is 11.3 Å². The van der Waals surface area contributed by atoms with Crippen molar-refractivity contribution < 1.29 is 8.81 Å². The lowest BCUT2D eigenvalue weighted by Crippen LogP contribution is -2.06. The second-order valence-electron chi connectivity index (χ2n) is 3.35. The number of fused-ring (bicyclic) bond motifs is 1. The highest BCUT2D eigenvalue weighted by Gasteiger charge is 2.10. The molecule has 74 valence electrons. The Bertz CT molecular complexity index is 449. The van der Waals surface area contributed by atoms with E-state index in [1.54, 1.807) is 12.1 Å². The van der Waals surface area contributed by atoms with Crippen LogP contribution in [0.25, 0.3) is 11.0 Å². The van der Waals surface area contributed by atoms with E-state index in [9.17, 15) is 4.39 Å². The number of nitrogens with two attached hydrogens (primary N) is 1. The number of hydrogen-bond donors (Lipinski definition) is 1. The summed E-state index contributed by atoms with van der Waals surface area (Å²) in [6.07, 6.45) is 0.808. The fraction of sp³-hybridized carbons (Fsp3) is 0.273. The first kappa shape index (κ1) is 9.21. The zero-order valence-corrected chi connectivity index (χ0v) is 7.96. The van der Waals surface area contributed by atoms with Crippen LogP contribution in [-0.2, 0) is 0 Å². The number of benzene rings is 1. The van der Waals surface area contributed by atoms with Gasteiger partial charge in [-0.25, -0.2) is 4.39 Å². The standard InChI is InChI=1S/C11H12FNO/c1-2-9(13)11-6-7-5-8(12)3-4-10(7)14-11/h3-6,9H,2,13H2,1H3. The van der Waals surface area contributed by atoms with Gasteiger partial charge in [0.1, 0.15) is 17.2 Å². The van der Waals surface area contributed by atoms with Gasteiger partial charge in [0, 0.05) is 5.39 Å². The second-order valence-corrected chi connectivity index (χ2v) is 3.35. The minimum atomic E-state index is -0.255. The van der Waals surface area contributed by atoms with Crippen molar-refractivity contribution in [3.8, 4) is 0 Å². The summed E-state index contributed by atoms with van der Waals surface area (Å²) in [4.78, 5) is 0. The highest BCUT2D eigenvalue weighted by molar-refractivity contribution is 5.77. The Labute approximate surface area is 81.5 Å². The maximum atomic E-state index is 12.9. The topological polar surface area (TPSA) is 39.2 Å². The molecule has 1 aromatic carbocycles. The van der Waals surface area contributed by atoms with Crippen molar-refractivity contribution in [3.05, 3.63) is 35.8 Å². The number of halogens is 1. The van der Waals surface area contributed by atoms with Gasteiger partial charge in [0.2, 0.25) is 0 Å². The summed E-state index contributed by atoms with van der Waals surface area (Å²) >= 11 is 0. The molecule has 0 fully saturated rings. The summed E-state index contributed by atoms with van der Waals surface area (Å²) in [5.74, 6) is 0.461. The molecular weight excluding hydrogens is 181 g/mol. The molecule has 14 heavy (non-hydrogen) atoms. The van der Waals surface area contributed by atoms with Gasteiger partial charge in [-0.15, -0.1) is 0 Å². The van der Waals surface area contributed by atoms with Gasteiger partial charge in [-0.3, -0.25) is 0 Å². The van der Waals surface area contributed by atoms with Crippen LogP contribution in [0.4, 0.5) is 4.39 Å². The van der Waals surface area contributed by atoms with E-state index >= 15 is 0 Å². The molecule has 2 nitrogen and oxygen atoms in total. The first-order valence-electron chi connectivity index (χ1n) is 4.65. The van der Waals surface area contributed by atoms with Crippen molar-refractivity contribution in [1.29, 1.82) is 0 Å².